The number of benzene rings is 1. The fourth-order valence-corrected chi connectivity index (χ4v) is 1.21. The minimum Gasteiger partial charge on any atom is -0.322 e. The quantitative estimate of drug-likeness (QED) is 0.849. The number of carbonyl (C=O) groups excluding carboxylic acids is 1. The zero-order valence-electron chi connectivity index (χ0n) is 8.83. The summed E-state index contributed by atoms with van der Waals surface area (Å²) in [6, 6.07) is 7.86. The predicted molar refractivity (Wildman–Crippen MR) is 63.3 cm³/mol. The molecule has 4 nitrogen and oxygen atoms in total. The number of amides is 2. The normalized spacial score (nSPS) is 11.3. The third-order valence-electron chi connectivity index (χ3n) is 1.97. The van der Waals surface area contributed by atoms with Gasteiger partial charge < -0.3 is 10.6 Å². The summed E-state index contributed by atoms with van der Waals surface area (Å²) in [6.07, 6.45) is 0.574. The molecule has 5 heteroatoms. The first-order chi connectivity index (χ1) is 7.65. The second-order valence-electron chi connectivity index (χ2n) is 3.20. The van der Waals surface area contributed by atoms with Crippen molar-refractivity contribution in [1.29, 1.82) is 5.26 Å². The lowest BCUT2D eigenvalue weighted by atomic mass is 10.2. The molecule has 1 aromatic rings. The molecule has 0 spiro atoms. The van der Waals surface area contributed by atoms with Crippen molar-refractivity contribution < 1.29 is 4.79 Å². The molecule has 0 bridgehead atoms. The van der Waals surface area contributed by atoms with E-state index in [1.54, 1.807) is 24.3 Å². The SMILES string of the molecule is CCC(C#N)NC(=O)Nc1ccc(Cl)cc1. The molecular formula is C11H12ClN3O. The summed E-state index contributed by atoms with van der Waals surface area (Å²) < 4.78 is 0. The molecule has 16 heavy (non-hydrogen) atoms. The highest BCUT2D eigenvalue weighted by Gasteiger charge is 2.08. The summed E-state index contributed by atoms with van der Waals surface area (Å²) in [5, 5.41) is 14.4. The van der Waals surface area contributed by atoms with Gasteiger partial charge in [-0.25, -0.2) is 4.79 Å². The number of anilines is 1. The Labute approximate surface area is 99.2 Å². The number of rotatable bonds is 3. The van der Waals surface area contributed by atoms with Gasteiger partial charge in [0.15, 0.2) is 0 Å². The van der Waals surface area contributed by atoms with Crippen molar-refractivity contribution >= 4 is 23.3 Å². The van der Waals surface area contributed by atoms with Gasteiger partial charge in [0.25, 0.3) is 0 Å². The maximum atomic E-state index is 11.4. The van der Waals surface area contributed by atoms with Crippen LogP contribution in [0.1, 0.15) is 13.3 Å². The van der Waals surface area contributed by atoms with Crippen LogP contribution in [0.15, 0.2) is 24.3 Å². The monoisotopic (exact) mass is 237 g/mol. The van der Waals surface area contributed by atoms with Crippen LogP contribution in [-0.4, -0.2) is 12.1 Å². The number of carbonyl (C=O) groups is 1. The Morgan fingerprint density at radius 2 is 2.12 bits per heavy atom. The minimum atomic E-state index is -0.465. The Bertz CT molecular complexity index is 397. The fraction of sp³-hybridized carbons (Fsp3) is 0.273. The Morgan fingerprint density at radius 3 is 2.62 bits per heavy atom. The van der Waals surface area contributed by atoms with E-state index in [4.69, 9.17) is 16.9 Å². The molecule has 2 N–H and O–H groups in total. The topological polar surface area (TPSA) is 64.9 Å². The van der Waals surface area contributed by atoms with Crippen LogP contribution < -0.4 is 10.6 Å². The van der Waals surface area contributed by atoms with Gasteiger partial charge in [-0.3, -0.25) is 0 Å². The molecule has 0 aliphatic carbocycles. The number of urea groups is 1. The first kappa shape index (κ1) is 12.3. The van der Waals surface area contributed by atoms with Crippen molar-refractivity contribution in [3.8, 4) is 6.07 Å². The minimum absolute atomic E-state index is 0.393. The highest BCUT2D eigenvalue weighted by Crippen LogP contribution is 2.13. The molecule has 0 saturated heterocycles. The Kier molecular flexibility index (Phi) is 4.62. The molecule has 0 aliphatic heterocycles. The molecule has 0 saturated carbocycles. The molecule has 0 aromatic heterocycles. The van der Waals surface area contributed by atoms with E-state index in [-0.39, 0.29) is 0 Å². The average Bonchev–Trinajstić information content (AvgIpc) is 2.29. The van der Waals surface area contributed by atoms with Crippen LogP contribution in [-0.2, 0) is 0 Å². The molecule has 1 aromatic carbocycles. The molecule has 1 rings (SSSR count). The molecule has 84 valence electrons. The molecule has 1 atom stereocenters. The van der Waals surface area contributed by atoms with Crippen LogP contribution in [0.25, 0.3) is 0 Å². The largest absolute Gasteiger partial charge is 0.322 e. The van der Waals surface area contributed by atoms with E-state index in [0.717, 1.165) is 0 Å². The van der Waals surface area contributed by atoms with E-state index in [9.17, 15) is 4.79 Å². The summed E-state index contributed by atoms with van der Waals surface area (Å²) in [6.45, 7) is 1.83. The van der Waals surface area contributed by atoms with Crippen molar-refractivity contribution in [3.63, 3.8) is 0 Å². The molecule has 0 radical (unpaired) electrons. The van der Waals surface area contributed by atoms with E-state index in [0.29, 0.717) is 17.1 Å². The highest BCUT2D eigenvalue weighted by atomic mass is 35.5. The van der Waals surface area contributed by atoms with E-state index in [2.05, 4.69) is 10.6 Å². The van der Waals surface area contributed by atoms with Crippen molar-refractivity contribution in [3.05, 3.63) is 29.3 Å². The van der Waals surface area contributed by atoms with Gasteiger partial charge in [0.2, 0.25) is 0 Å². The van der Waals surface area contributed by atoms with E-state index in [1.165, 1.54) is 0 Å². The Morgan fingerprint density at radius 1 is 1.50 bits per heavy atom. The van der Waals surface area contributed by atoms with Gasteiger partial charge in [-0.2, -0.15) is 5.26 Å². The average molecular weight is 238 g/mol. The molecular weight excluding hydrogens is 226 g/mol. The molecule has 0 fully saturated rings. The predicted octanol–water partition coefficient (Wildman–Crippen LogP) is 2.76. The number of nitrogens with zero attached hydrogens (tertiary/aromatic N) is 1. The Hall–Kier alpha value is -1.73. The van der Waals surface area contributed by atoms with Crippen molar-refractivity contribution in [2.75, 3.05) is 5.32 Å². The zero-order valence-corrected chi connectivity index (χ0v) is 9.58. The van der Waals surface area contributed by atoms with Gasteiger partial charge in [-0.1, -0.05) is 18.5 Å². The standard InChI is InChI=1S/C11H12ClN3O/c1-2-9(7-13)14-11(16)15-10-5-3-8(12)4-6-10/h3-6,9H,2H2,1H3,(H2,14,15,16). The van der Waals surface area contributed by atoms with Gasteiger partial charge in [0, 0.05) is 10.7 Å². The van der Waals surface area contributed by atoms with Crippen molar-refractivity contribution in [2.24, 2.45) is 0 Å². The number of nitrogens with one attached hydrogen (secondary N) is 2. The van der Waals surface area contributed by atoms with Gasteiger partial charge >= 0.3 is 6.03 Å². The molecule has 2 amide bonds. The lowest BCUT2D eigenvalue weighted by molar-refractivity contribution is 0.250. The van der Waals surface area contributed by atoms with E-state index in [1.807, 2.05) is 13.0 Å². The van der Waals surface area contributed by atoms with E-state index >= 15 is 0 Å². The van der Waals surface area contributed by atoms with Crippen molar-refractivity contribution in [1.82, 2.24) is 5.32 Å². The van der Waals surface area contributed by atoms with Crippen LogP contribution in [0, 0.1) is 11.3 Å². The third-order valence-corrected chi connectivity index (χ3v) is 2.22. The number of hydrogen-bond donors (Lipinski definition) is 2. The summed E-state index contributed by atoms with van der Waals surface area (Å²) in [7, 11) is 0. The third kappa shape index (κ3) is 3.79. The second kappa shape index (κ2) is 5.99. The summed E-state index contributed by atoms with van der Waals surface area (Å²) in [5.41, 5.74) is 0.634. The van der Waals surface area contributed by atoms with Gasteiger partial charge in [-0.15, -0.1) is 0 Å². The Balaban J connectivity index is 2.52. The number of hydrogen-bond acceptors (Lipinski definition) is 2. The first-order valence-corrected chi connectivity index (χ1v) is 5.26. The van der Waals surface area contributed by atoms with Crippen LogP contribution in [0.3, 0.4) is 0 Å². The van der Waals surface area contributed by atoms with Crippen LogP contribution in [0.4, 0.5) is 10.5 Å². The summed E-state index contributed by atoms with van der Waals surface area (Å²) >= 11 is 5.71. The highest BCUT2D eigenvalue weighted by molar-refractivity contribution is 6.30. The number of nitriles is 1. The van der Waals surface area contributed by atoms with Crippen LogP contribution in [0.5, 0.6) is 0 Å². The summed E-state index contributed by atoms with van der Waals surface area (Å²) in [4.78, 5) is 11.4. The van der Waals surface area contributed by atoms with Gasteiger partial charge in [0.05, 0.1) is 6.07 Å². The van der Waals surface area contributed by atoms with Crippen LogP contribution >= 0.6 is 11.6 Å². The maximum Gasteiger partial charge on any atom is 0.320 e. The zero-order chi connectivity index (χ0) is 12.0. The van der Waals surface area contributed by atoms with Crippen LogP contribution in [0.2, 0.25) is 5.02 Å². The summed E-state index contributed by atoms with van der Waals surface area (Å²) in [5.74, 6) is 0. The fourth-order valence-electron chi connectivity index (χ4n) is 1.08. The second-order valence-corrected chi connectivity index (χ2v) is 3.63. The first-order valence-electron chi connectivity index (χ1n) is 4.88. The lowest BCUT2D eigenvalue weighted by Crippen LogP contribution is -2.36. The molecule has 0 aliphatic rings. The van der Waals surface area contributed by atoms with Gasteiger partial charge in [0.1, 0.15) is 6.04 Å². The van der Waals surface area contributed by atoms with Crippen molar-refractivity contribution in [2.45, 2.75) is 19.4 Å². The molecule has 0 heterocycles. The molecule has 1 unspecified atom stereocenters. The number of halogens is 1. The maximum absolute atomic E-state index is 11.4. The smallest absolute Gasteiger partial charge is 0.320 e. The van der Waals surface area contributed by atoms with Gasteiger partial charge in [-0.05, 0) is 30.7 Å². The lowest BCUT2D eigenvalue weighted by Gasteiger charge is -2.10. The van der Waals surface area contributed by atoms with E-state index < -0.39 is 12.1 Å².